The summed E-state index contributed by atoms with van der Waals surface area (Å²) in [7, 11) is 0. The van der Waals surface area contributed by atoms with Gasteiger partial charge in [0.05, 0.1) is 0 Å². The van der Waals surface area contributed by atoms with E-state index in [2.05, 4.69) is 27.0 Å². The zero-order chi connectivity index (χ0) is 9.80. The highest BCUT2D eigenvalue weighted by atomic mass is 32.2. The van der Waals surface area contributed by atoms with Gasteiger partial charge in [-0.1, -0.05) is 6.42 Å². The number of hydrogen-bond donors (Lipinski definition) is 2. The monoisotopic (exact) mass is 211 g/mol. The van der Waals surface area contributed by atoms with Crippen LogP contribution in [0.3, 0.4) is 0 Å². The average molecular weight is 211 g/mol. The summed E-state index contributed by atoms with van der Waals surface area (Å²) in [5.41, 5.74) is 1.11. The van der Waals surface area contributed by atoms with E-state index in [4.69, 9.17) is 0 Å². The molecule has 1 atom stereocenters. The molecule has 14 heavy (non-hydrogen) atoms. The first-order valence-corrected chi connectivity index (χ1v) is 6.26. The summed E-state index contributed by atoms with van der Waals surface area (Å²) in [5, 5.41) is 4.12. The van der Waals surface area contributed by atoms with Gasteiger partial charge in [-0.3, -0.25) is 0 Å². The Balaban J connectivity index is 1.76. The molecule has 1 saturated heterocycles. The molecule has 0 radical (unpaired) electrons. The number of aromatic amines is 1. The van der Waals surface area contributed by atoms with Gasteiger partial charge >= 0.3 is 0 Å². The molecular weight excluding hydrogens is 194 g/mol. The maximum Gasteiger partial charge on any atom is 0.200 e. The molecule has 1 aliphatic rings. The average Bonchev–Trinajstić information content (AvgIpc) is 2.63. The number of rotatable bonds is 3. The summed E-state index contributed by atoms with van der Waals surface area (Å²) in [4.78, 5) is 7.41. The van der Waals surface area contributed by atoms with Crippen molar-refractivity contribution in [1.82, 2.24) is 9.97 Å². The van der Waals surface area contributed by atoms with Crippen molar-refractivity contribution in [2.24, 2.45) is 0 Å². The molecule has 2 rings (SSSR count). The van der Waals surface area contributed by atoms with Crippen molar-refractivity contribution in [2.75, 3.05) is 17.6 Å². The van der Waals surface area contributed by atoms with Crippen LogP contribution in [0.15, 0.2) is 6.20 Å². The van der Waals surface area contributed by atoms with Crippen LogP contribution < -0.4 is 5.32 Å². The minimum absolute atomic E-state index is 0.772. The maximum absolute atomic E-state index is 4.22. The van der Waals surface area contributed by atoms with Crippen molar-refractivity contribution >= 4 is 17.7 Å². The molecule has 0 spiro atoms. The summed E-state index contributed by atoms with van der Waals surface area (Å²) in [6.07, 6.45) is 5.98. The first-order chi connectivity index (χ1) is 6.84. The van der Waals surface area contributed by atoms with Crippen molar-refractivity contribution in [2.45, 2.75) is 31.4 Å². The molecule has 1 aliphatic heterocycles. The largest absolute Gasteiger partial charge is 0.355 e. The van der Waals surface area contributed by atoms with Gasteiger partial charge in [0.15, 0.2) is 5.95 Å². The van der Waals surface area contributed by atoms with E-state index < -0.39 is 0 Å². The number of aromatic nitrogens is 2. The van der Waals surface area contributed by atoms with Gasteiger partial charge in [0.2, 0.25) is 0 Å². The molecule has 0 bridgehead atoms. The van der Waals surface area contributed by atoms with Crippen LogP contribution in [-0.2, 0) is 0 Å². The highest BCUT2D eigenvalue weighted by molar-refractivity contribution is 7.99. The highest BCUT2D eigenvalue weighted by Gasteiger charge is 2.13. The summed E-state index contributed by atoms with van der Waals surface area (Å²) in [5.74, 6) is 2.23. The van der Waals surface area contributed by atoms with E-state index in [1.54, 1.807) is 0 Å². The topological polar surface area (TPSA) is 40.7 Å². The predicted octanol–water partition coefficient (Wildman–Crippen LogP) is 2.42. The van der Waals surface area contributed by atoms with Crippen LogP contribution in [0.5, 0.6) is 0 Å². The first kappa shape index (κ1) is 9.90. The van der Waals surface area contributed by atoms with Gasteiger partial charge < -0.3 is 10.3 Å². The lowest BCUT2D eigenvalue weighted by Crippen LogP contribution is -2.20. The molecule has 4 heteroatoms. The van der Waals surface area contributed by atoms with Crippen LogP contribution in [0.25, 0.3) is 0 Å². The first-order valence-electron chi connectivity index (χ1n) is 5.21. The Hall–Kier alpha value is -0.640. The van der Waals surface area contributed by atoms with E-state index in [0.29, 0.717) is 0 Å². The number of hydrogen-bond acceptors (Lipinski definition) is 3. The van der Waals surface area contributed by atoms with Gasteiger partial charge in [0.1, 0.15) is 0 Å². The Labute approximate surface area is 89.1 Å². The summed E-state index contributed by atoms with van der Waals surface area (Å²) in [6.45, 7) is 3.06. The van der Waals surface area contributed by atoms with Gasteiger partial charge in [-0.25, -0.2) is 4.98 Å². The fraction of sp³-hybridized carbons (Fsp3) is 0.700. The smallest absolute Gasteiger partial charge is 0.200 e. The Morgan fingerprint density at radius 2 is 2.57 bits per heavy atom. The second kappa shape index (κ2) is 4.73. The number of nitrogens with zero attached hydrogens (tertiary/aromatic N) is 1. The Morgan fingerprint density at radius 3 is 3.21 bits per heavy atom. The molecule has 3 nitrogen and oxygen atoms in total. The number of H-pyrrole nitrogens is 1. The van der Waals surface area contributed by atoms with Gasteiger partial charge in [-0.15, -0.1) is 0 Å². The summed E-state index contributed by atoms with van der Waals surface area (Å²) in [6, 6.07) is 0. The van der Waals surface area contributed by atoms with Crippen LogP contribution in [0.4, 0.5) is 5.95 Å². The standard InChI is InChI=1S/C10H17N3S/c1-8-6-11-10(13-8)12-7-9-4-2-3-5-14-9/h6,9H,2-5,7H2,1H3,(H2,11,12,13). The molecular formula is C10H17N3S. The Bertz CT molecular complexity index is 279. The van der Waals surface area contributed by atoms with Crippen molar-refractivity contribution in [1.29, 1.82) is 0 Å². The molecule has 0 amide bonds. The number of imidazole rings is 1. The molecule has 1 fully saturated rings. The van der Waals surface area contributed by atoms with Gasteiger partial charge in [0.25, 0.3) is 0 Å². The molecule has 1 aromatic rings. The van der Waals surface area contributed by atoms with E-state index in [9.17, 15) is 0 Å². The lowest BCUT2D eigenvalue weighted by Gasteiger charge is -2.21. The Kier molecular flexibility index (Phi) is 3.35. The van der Waals surface area contributed by atoms with Crippen molar-refractivity contribution in [3.63, 3.8) is 0 Å². The molecule has 1 aromatic heterocycles. The van der Waals surface area contributed by atoms with Crippen molar-refractivity contribution < 1.29 is 0 Å². The van der Waals surface area contributed by atoms with E-state index in [-0.39, 0.29) is 0 Å². The molecule has 78 valence electrons. The zero-order valence-electron chi connectivity index (χ0n) is 8.55. The minimum Gasteiger partial charge on any atom is -0.355 e. The van der Waals surface area contributed by atoms with Gasteiger partial charge in [-0.05, 0) is 25.5 Å². The number of nitrogens with one attached hydrogen (secondary N) is 2. The molecule has 2 N–H and O–H groups in total. The number of aryl methyl sites for hydroxylation is 1. The second-order valence-electron chi connectivity index (χ2n) is 3.78. The third-order valence-corrected chi connectivity index (χ3v) is 3.87. The van der Waals surface area contributed by atoms with Crippen LogP contribution >= 0.6 is 11.8 Å². The third kappa shape index (κ3) is 2.67. The number of anilines is 1. The van der Waals surface area contributed by atoms with E-state index in [0.717, 1.165) is 23.4 Å². The van der Waals surface area contributed by atoms with Crippen molar-refractivity contribution in [3.8, 4) is 0 Å². The summed E-state index contributed by atoms with van der Waals surface area (Å²) >= 11 is 2.09. The predicted molar refractivity (Wildman–Crippen MR) is 61.9 cm³/mol. The van der Waals surface area contributed by atoms with Gasteiger partial charge in [0, 0.05) is 23.7 Å². The van der Waals surface area contributed by atoms with Gasteiger partial charge in [-0.2, -0.15) is 11.8 Å². The van der Waals surface area contributed by atoms with Crippen LogP contribution in [-0.4, -0.2) is 27.5 Å². The van der Waals surface area contributed by atoms with Crippen LogP contribution in [0.2, 0.25) is 0 Å². The fourth-order valence-corrected chi connectivity index (χ4v) is 2.92. The maximum atomic E-state index is 4.22. The van der Waals surface area contributed by atoms with Crippen LogP contribution in [0, 0.1) is 6.92 Å². The molecule has 1 unspecified atom stereocenters. The van der Waals surface area contributed by atoms with E-state index in [1.165, 1.54) is 25.0 Å². The molecule has 0 saturated carbocycles. The van der Waals surface area contributed by atoms with Crippen LogP contribution in [0.1, 0.15) is 25.0 Å². The highest BCUT2D eigenvalue weighted by Crippen LogP contribution is 2.24. The van der Waals surface area contributed by atoms with E-state index >= 15 is 0 Å². The minimum atomic E-state index is 0.772. The molecule has 2 heterocycles. The molecule has 0 aliphatic carbocycles. The normalized spacial score (nSPS) is 22.2. The second-order valence-corrected chi connectivity index (χ2v) is 5.19. The SMILES string of the molecule is Cc1cnc(NCC2CCCCS2)[nH]1. The lowest BCUT2D eigenvalue weighted by atomic mass is 10.2. The quantitative estimate of drug-likeness (QED) is 0.806. The van der Waals surface area contributed by atoms with E-state index in [1.807, 2.05) is 13.1 Å². The fourth-order valence-electron chi connectivity index (χ4n) is 1.68. The third-order valence-electron chi connectivity index (χ3n) is 2.47. The Morgan fingerprint density at radius 1 is 1.64 bits per heavy atom. The zero-order valence-corrected chi connectivity index (χ0v) is 9.36. The molecule has 0 aromatic carbocycles. The van der Waals surface area contributed by atoms with Crippen molar-refractivity contribution in [3.05, 3.63) is 11.9 Å². The summed E-state index contributed by atoms with van der Waals surface area (Å²) < 4.78 is 0. The lowest BCUT2D eigenvalue weighted by molar-refractivity contribution is 0.676. The number of thioether (sulfide) groups is 1.